The van der Waals surface area contributed by atoms with Gasteiger partial charge in [-0.2, -0.15) is 0 Å². The molecule has 0 fully saturated rings. The van der Waals surface area contributed by atoms with E-state index in [4.69, 9.17) is 11.6 Å². The average Bonchev–Trinajstić information content (AvgIpc) is 3.19. The molecule has 0 radical (unpaired) electrons. The molecule has 4 aromatic rings. The van der Waals surface area contributed by atoms with Gasteiger partial charge in [0.25, 0.3) is 0 Å². The number of aromatic nitrogens is 5. The summed E-state index contributed by atoms with van der Waals surface area (Å²) in [6.07, 6.45) is 4.12. The summed E-state index contributed by atoms with van der Waals surface area (Å²) >= 11 is 7.46. The highest BCUT2D eigenvalue weighted by molar-refractivity contribution is 7.98. The second-order valence-electron chi connectivity index (χ2n) is 5.47. The van der Waals surface area contributed by atoms with Crippen LogP contribution in [0, 0.1) is 6.92 Å². The Morgan fingerprint density at radius 1 is 1.08 bits per heavy atom. The van der Waals surface area contributed by atoms with Crippen molar-refractivity contribution in [1.29, 1.82) is 0 Å². The number of hydrogen-bond acceptors (Lipinski definition) is 4. The van der Waals surface area contributed by atoms with E-state index < -0.39 is 0 Å². The predicted octanol–water partition coefficient (Wildman–Crippen LogP) is 4.37. The van der Waals surface area contributed by atoms with Gasteiger partial charge in [-0.05, 0) is 42.8 Å². The summed E-state index contributed by atoms with van der Waals surface area (Å²) in [5, 5.41) is 8.62. The molecule has 0 saturated carbocycles. The highest BCUT2D eigenvalue weighted by Crippen LogP contribution is 2.23. The third-order valence-corrected chi connectivity index (χ3v) is 4.71. The standard InChI is InChI=1S/C17H14ClN5S/c1-11-2-7-15-19-14(9-23(15)8-11)10-24-17-20-16(21-22-17)12-3-5-13(18)6-4-12/h2-9H,10H2,1H3,(H,20,21,22). The van der Waals surface area contributed by atoms with E-state index in [1.54, 1.807) is 11.8 Å². The van der Waals surface area contributed by atoms with E-state index >= 15 is 0 Å². The Morgan fingerprint density at radius 2 is 1.92 bits per heavy atom. The Bertz CT molecular complexity index is 990. The fraction of sp³-hybridized carbons (Fsp3) is 0.118. The smallest absolute Gasteiger partial charge is 0.209 e. The highest BCUT2D eigenvalue weighted by atomic mass is 35.5. The molecular formula is C17H14ClN5S. The maximum atomic E-state index is 5.91. The van der Waals surface area contributed by atoms with E-state index in [0.29, 0.717) is 10.2 Å². The van der Waals surface area contributed by atoms with Crippen molar-refractivity contribution in [1.82, 2.24) is 24.6 Å². The van der Waals surface area contributed by atoms with Crippen molar-refractivity contribution in [2.75, 3.05) is 0 Å². The zero-order chi connectivity index (χ0) is 16.5. The monoisotopic (exact) mass is 355 g/mol. The van der Waals surface area contributed by atoms with Crippen molar-refractivity contribution in [3.63, 3.8) is 0 Å². The molecule has 0 amide bonds. The van der Waals surface area contributed by atoms with E-state index in [-0.39, 0.29) is 0 Å². The molecule has 0 unspecified atom stereocenters. The minimum Gasteiger partial charge on any atom is -0.307 e. The first-order valence-electron chi connectivity index (χ1n) is 7.43. The lowest BCUT2D eigenvalue weighted by atomic mass is 10.2. The molecule has 3 aromatic heterocycles. The number of halogens is 1. The number of nitrogens with one attached hydrogen (secondary N) is 1. The fourth-order valence-corrected chi connectivity index (χ4v) is 3.22. The lowest BCUT2D eigenvalue weighted by Crippen LogP contribution is -1.82. The molecule has 0 bridgehead atoms. The Hall–Kier alpha value is -2.31. The second-order valence-corrected chi connectivity index (χ2v) is 6.85. The first kappa shape index (κ1) is 15.2. The minimum atomic E-state index is 0.702. The number of thioether (sulfide) groups is 1. The van der Waals surface area contributed by atoms with Crippen molar-refractivity contribution in [2.45, 2.75) is 17.8 Å². The van der Waals surface area contributed by atoms with Gasteiger partial charge in [0.05, 0.1) is 5.69 Å². The third-order valence-electron chi connectivity index (χ3n) is 3.58. The van der Waals surface area contributed by atoms with Crippen molar-refractivity contribution >= 4 is 29.0 Å². The normalized spacial score (nSPS) is 11.2. The summed E-state index contributed by atoms with van der Waals surface area (Å²) in [7, 11) is 0. The van der Waals surface area contributed by atoms with Crippen LogP contribution in [0.25, 0.3) is 17.0 Å². The number of pyridine rings is 1. The zero-order valence-corrected chi connectivity index (χ0v) is 14.5. The van der Waals surface area contributed by atoms with Crippen LogP contribution >= 0.6 is 23.4 Å². The number of aromatic amines is 1. The number of hydrogen-bond donors (Lipinski definition) is 1. The zero-order valence-electron chi connectivity index (χ0n) is 12.9. The Balaban J connectivity index is 1.48. The van der Waals surface area contributed by atoms with Crippen LogP contribution in [0.2, 0.25) is 5.02 Å². The van der Waals surface area contributed by atoms with Gasteiger partial charge in [-0.1, -0.05) is 29.4 Å². The van der Waals surface area contributed by atoms with Crippen molar-refractivity contribution in [3.05, 3.63) is 65.1 Å². The number of H-pyrrole nitrogens is 1. The van der Waals surface area contributed by atoms with Gasteiger partial charge in [-0.25, -0.2) is 9.97 Å². The largest absolute Gasteiger partial charge is 0.307 e. The third kappa shape index (κ3) is 3.16. The first-order valence-corrected chi connectivity index (χ1v) is 8.79. The molecular weight excluding hydrogens is 342 g/mol. The first-order chi connectivity index (χ1) is 11.7. The molecule has 1 N–H and O–H groups in total. The van der Waals surface area contributed by atoms with Crippen molar-refractivity contribution in [3.8, 4) is 11.4 Å². The van der Waals surface area contributed by atoms with Gasteiger partial charge in [-0.3, -0.25) is 5.10 Å². The van der Waals surface area contributed by atoms with Gasteiger partial charge in [0.1, 0.15) is 5.65 Å². The van der Waals surface area contributed by atoms with Gasteiger partial charge in [0.15, 0.2) is 5.82 Å². The van der Waals surface area contributed by atoms with Crippen LogP contribution in [0.5, 0.6) is 0 Å². The molecule has 0 aliphatic carbocycles. The summed E-state index contributed by atoms with van der Waals surface area (Å²) in [6.45, 7) is 2.07. The summed E-state index contributed by atoms with van der Waals surface area (Å²) < 4.78 is 2.04. The minimum absolute atomic E-state index is 0.702. The molecule has 3 heterocycles. The van der Waals surface area contributed by atoms with Crippen LogP contribution in [0.15, 0.2) is 53.9 Å². The van der Waals surface area contributed by atoms with Crippen LogP contribution in [0.1, 0.15) is 11.3 Å². The van der Waals surface area contributed by atoms with Crippen LogP contribution in [-0.2, 0) is 5.75 Å². The molecule has 24 heavy (non-hydrogen) atoms. The molecule has 0 atom stereocenters. The number of benzene rings is 1. The number of nitrogens with zero attached hydrogens (tertiary/aromatic N) is 4. The van der Waals surface area contributed by atoms with E-state index in [1.165, 1.54) is 5.56 Å². The maximum Gasteiger partial charge on any atom is 0.209 e. The molecule has 0 aliphatic rings. The molecule has 5 nitrogen and oxygen atoms in total. The van der Waals surface area contributed by atoms with Gasteiger partial charge >= 0.3 is 0 Å². The molecule has 4 rings (SSSR count). The summed E-state index contributed by atoms with van der Waals surface area (Å²) in [5.74, 6) is 1.46. The summed E-state index contributed by atoms with van der Waals surface area (Å²) in [6, 6.07) is 11.6. The van der Waals surface area contributed by atoms with Crippen LogP contribution < -0.4 is 0 Å². The lowest BCUT2D eigenvalue weighted by molar-refractivity contribution is 0.972. The molecule has 7 heteroatoms. The predicted molar refractivity (Wildman–Crippen MR) is 96.3 cm³/mol. The molecule has 0 spiro atoms. The van der Waals surface area contributed by atoms with Crippen LogP contribution in [0.3, 0.4) is 0 Å². The Labute approximate surface area is 148 Å². The topological polar surface area (TPSA) is 58.9 Å². The van der Waals surface area contributed by atoms with Crippen molar-refractivity contribution < 1.29 is 0 Å². The van der Waals surface area contributed by atoms with Gasteiger partial charge in [0.2, 0.25) is 5.16 Å². The van der Waals surface area contributed by atoms with Gasteiger partial charge < -0.3 is 4.40 Å². The van der Waals surface area contributed by atoms with E-state index in [1.807, 2.05) is 40.9 Å². The lowest BCUT2D eigenvalue weighted by Gasteiger charge is -1.95. The van der Waals surface area contributed by atoms with Crippen LogP contribution in [0.4, 0.5) is 0 Å². The number of aryl methyl sites for hydroxylation is 1. The molecule has 1 aromatic carbocycles. The van der Waals surface area contributed by atoms with Gasteiger partial charge in [0, 0.05) is 28.7 Å². The summed E-state index contributed by atoms with van der Waals surface area (Å²) in [5.41, 5.74) is 4.12. The number of rotatable bonds is 4. The Morgan fingerprint density at radius 3 is 2.75 bits per heavy atom. The molecule has 0 saturated heterocycles. The van der Waals surface area contributed by atoms with E-state index in [2.05, 4.69) is 39.4 Å². The Kier molecular flexibility index (Phi) is 4.00. The SMILES string of the molecule is Cc1ccc2nc(CSc3n[nH]c(-c4ccc(Cl)cc4)n3)cn2c1. The second kappa shape index (κ2) is 6.30. The fourth-order valence-electron chi connectivity index (χ4n) is 2.41. The van der Waals surface area contributed by atoms with Gasteiger partial charge in [-0.15, -0.1) is 5.10 Å². The van der Waals surface area contributed by atoms with Crippen molar-refractivity contribution in [2.24, 2.45) is 0 Å². The van der Waals surface area contributed by atoms with E-state index in [9.17, 15) is 0 Å². The van der Waals surface area contributed by atoms with E-state index in [0.717, 1.165) is 28.5 Å². The summed E-state index contributed by atoms with van der Waals surface area (Å²) in [4.78, 5) is 9.12. The highest BCUT2D eigenvalue weighted by Gasteiger charge is 2.08. The number of fused-ring (bicyclic) bond motifs is 1. The maximum absolute atomic E-state index is 5.91. The van der Waals surface area contributed by atoms with Crippen LogP contribution in [-0.4, -0.2) is 24.6 Å². The number of imidazole rings is 1. The molecule has 120 valence electrons. The molecule has 0 aliphatic heterocycles. The average molecular weight is 356 g/mol. The quantitative estimate of drug-likeness (QED) is 0.552.